The van der Waals surface area contributed by atoms with Crippen LogP contribution in [0.4, 0.5) is 27.6 Å². The summed E-state index contributed by atoms with van der Waals surface area (Å²) in [7, 11) is -3.42. The van der Waals surface area contributed by atoms with Crippen LogP contribution in [0.3, 0.4) is 0 Å². The first-order chi connectivity index (χ1) is 21.3. The van der Waals surface area contributed by atoms with Crippen molar-refractivity contribution >= 4 is 21.4 Å². The molecule has 1 aromatic heterocycles. The second-order valence-electron chi connectivity index (χ2n) is 10.2. The monoisotopic (exact) mass is 652 g/mol. The molecule has 1 fully saturated rings. The highest BCUT2D eigenvalue weighted by Gasteiger charge is 2.35. The van der Waals surface area contributed by atoms with Crippen molar-refractivity contribution < 1.29 is 44.6 Å². The van der Waals surface area contributed by atoms with Gasteiger partial charge in [-0.1, -0.05) is 19.1 Å². The van der Waals surface area contributed by atoms with Crippen LogP contribution >= 0.6 is 0 Å². The lowest BCUT2D eigenvalue weighted by atomic mass is 10.0. The number of sulfone groups is 1. The van der Waals surface area contributed by atoms with E-state index in [1.165, 1.54) is 55.6 Å². The Morgan fingerprint density at radius 3 is 2.36 bits per heavy atom. The first-order valence-electron chi connectivity index (χ1n) is 13.8. The van der Waals surface area contributed by atoms with Gasteiger partial charge in [-0.25, -0.2) is 13.4 Å². The third-order valence-electron chi connectivity index (χ3n) is 7.21. The smallest absolute Gasteiger partial charge is 0.416 e. The molecular weight excluding hydrogens is 623 g/mol. The number of alkyl halides is 5. The molecule has 2 aromatic carbocycles. The van der Waals surface area contributed by atoms with Gasteiger partial charge in [0, 0.05) is 6.42 Å². The fourth-order valence-electron chi connectivity index (χ4n) is 4.87. The highest BCUT2D eigenvalue weighted by atomic mass is 32.2. The molecule has 1 saturated heterocycles. The van der Waals surface area contributed by atoms with Gasteiger partial charge in [-0.3, -0.25) is 4.79 Å². The van der Waals surface area contributed by atoms with Crippen molar-refractivity contribution in [1.29, 1.82) is 5.26 Å². The molecule has 1 aliphatic rings. The Balaban J connectivity index is 1.46. The number of amides is 1. The zero-order valence-corrected chi connectivity index (χ0v) is 24.7. The highest BCUT2D eigenvalue weighted by molar-refractivity contribution is 7.91. The molecule has 0 aliphatic carbocycles. The second-order valence-corrected chi connectivity index (χ2v) is 12.4. The van der Waals surface area contributed by atoms with Crippen LogP contribution in [0.25, 0.3) is 0 Å². The number of ether oxygens (including phenoxy) is 2. The molecule has 1 aliphatic heterocycles. The SMILES string of the molecule is CCS(=O)(=O)c1ccc([C@H](CC#N)NC(=O)c2ccc(N3CC(Oc4ccc(C(F)(F)F)cc4)C[C@H]3COC(F)F)cn2)cc1. The minimum atomic E-state index is -4.50. The standard InChI is InChI=1S/C30H29F5N4O5S/c1-2-45(41,42)25-10-3-19(4-11-25)26(13-14-36)38-28(40)27-12-7-21(16-37-27)39-17-24(15-22(39)18-43-29(31)32)44-23-8-5-20(6-9-23)30(33,34)35/h3-12,16,22,24,26,29H,2,13,15,17-18H2,1H3,(H,38,40)/t22-,24?,26-/m0/s1. The van der Waals surface area contributed by atoms with Crippen LogP contribution in [-0.2, 0) is 20.8 Å². The summed E-state index contributed by atoms with van der Waals surface area (Å²) < 4.78 is 98.9. The molecule has 0 radical (unpaired) electrons. The number of aromatic nitrogens is 1. The third-order valence-corrected chi connectivity index (χ3v) is 8.96. The maximum Gasteiger partial charge on any atom is 0.416 e. The number of hydrogen-bond acceptors (Lipinski definition) is 8. The fraction of sp³-hybridized carbons (Fsp3) is 0.367. The lowest BCUT2D eigenvalue weighted by Crippen LogP contribution is -2.34. The zero-order chi connectivity index (χ0) is 32.8. The number of anilines is 1. The topological polar surface area (TPSA) is 122 Å². The largest absolute Gasteiger partial charge is 0.489 e. The second kappa shape index (κ2) is 14.2. The summed E-state index contributed by atoms with van der Waals surface area (Å²) in [5.41, 5.74) is 0.161. The van der Waals surface area contributed by atoms with E-state index in [-0.39, 0.29) is 48.1 Å². The van der Waals surface area contributed by atoms with E-state index in [9.17, 15) is 40.4 Å². The summed E-state index contributed by atoms with van der Waals surface area (Å²) in [6, 6.07) is 13.7. The predicted molar refractivity (Wildman–Crippen MR) is 152 cm³/mol. The molecule has 0 bridgehead atoms. The first kappa shape index (κ1) is 33.6. The molecule has 240 valence electrons. The number of hydrogen-bond donors (Lipinski definition) is 1. The Kier molecular flexibility index (Phi) is 10.6. The van der Waals surface area contributed by atoms with E-state index in [1.807, 2.05) is 6.07 Å². The maximum atomic E-state index is 13.0. The van der Waals surface area contributed by atoms with Gasteiger partial charge in [0.2, 0.25) is 0 Å². The Morgan fingerprint density at radius 1 is 1.11 bits per heavy atom. The van der Waals surface area contributed by atoms with Crippen molar-refractivity contribution in [3.8, 4) is 11.8 Å². The van der Waals surface area contributed by atoms with Crippen LogP contribution in [0.2, 0.25) is 0 Å². The van der Waals surface area contributed by atoms with E-state index < -0.39 is 52.3 Å². The normalized spacial score (nSPS) is 17.6. The Labute approximate surface area is 256 Å². The lowest BCUT2D eigenvalue weighted by molar-refractivity contribution is -0.137. The summed E-state index contributed by atoms with van der Waals surface area (Å²) in [5, 5.41) is 12.0. The van der Waals surface area contributed by atoms with Crippen LogP contribution < -0.4 is 15.0 Å². The molecule has 3 atom stereocenters. The molecular formula is C30H29F5N4O5S. The molecule has 2 heterocycles. The molecule has 3 aromatic rings. The van der Waals surface area contributed by atoms with E-state index in [0.29, 0.717) is 11.3 Å². The molecule has 1 amide bonds. The van der Waals surface area contributed by atoms with Gasteiger partial charge in [0.05, 0.1) is 65.8 Å². The number of nitrogens with one attached hydrogen (secondary N) is 1. The summed E-state index contributed by atoms with van der Waals surface area (Å²) in [4.78, 5) is 19.0. The van der Waals surface area contributed by atoms with Crippen LogP contribution in [0.5, 0.6) is 5.75 Å². The predicted octanol–water partition coefficient (Wildman–Crippen LogP) is 5.54. The van der Waals surface area contributed by atoms with Crippen molar-refractivity contribution in [2.45, 2.75) is 55.6 Å². The number of rotatable bonds is 12. The van der Waals surface area contributed by atoms with Gasteiger partial charge in [0.25, 0.3) is 5.91 Å². The molecule has 15 heteroatoms. The van der Waals surface area contributed by atoms with Gasteiger partial charge < -0.3 is 19.7 Å². The number of pyridine rings is 1. The van der Waals surface area contributed by atoms with Gasteiger partial charge in [-0.05, 0) is 54.1 Å². The summed E-state index contributed by atoms with van der Waals surface area (Å²) in [6.45, 7) is -1.67. The molecule has 0 spiro atoms. The van der Waals surface area contributed by atoms with Gasteiger partial charge in [0.15, 0.2) is 9.84 Å². The Hall–Kier alpha value is -4.29. The summed E-state index contributed by atoms with van der Waals surface area (Å²) in [6.07, 6.45) is -3.57. The average molecular weight is 653 g/mol. The quantitative estimate of drug-likeness (QED) is 0.253. The van der Waals surface area contributed by atoms with Crippen LogP contribution in [0.15, 0.2) is 71.8 Å². The highest BCUT2D eigenvalue weighted by Crippen LogP contribution is 2.32. The van der Waals surface area contributed by atoms with Crippen molar-refractivity contribution in [1.82, 2.24) is 10.3 Å². The minimum absolute atomic E-state index is 0.00371. The van der Waals surface area contributed by atoms with E-state index >= 15 is 0 Å². The van der Waals surface area contributed by atoms with Crippen LogP contribution in [-0.4, -0.2) is 57.0 Å². The number of nitrogens with zero attached hydrogens (tertiary/aromatic N) is 3. The molecule has 45 heavy (non-hydrogen) atoms. The molecule has 1 unspecified atom stereocenters. The van der Waals surface area contributed by atoms with Gasteiger partial charge in [-0.2, -0.15) is 27.2 Å². The number of benzene rings is 2. The van der Waals surface area contributed by atoms with Crippen LogP contribution in [0, 0.1) is 11.3 Å². The molecule has 0 saturated carbocycles. The third kappa shape index (κ3) is 8.67. The molecule has 9 nitrogen and oxygen atoms in total. The number of nitriles is 1. The number of carbonyl (C=O) groups excluding carboxylic acids is 1. The summed E-state index contributed by atoms with van der Waals surface area (Å²) >= 11 is 0. The van der Waals surface area contributed by atoms with E-state index in [2.05, 4.69) is 15.0 Å². The minimum Gasteiger partial charge on any atom is -0.489 e. The van der Waals surface area contributed by atoms with Gasteiger partial charge >= 0.3 is 12.8 Å². The number of halogens is 5. The average Bonchev–Trinajstić information content (AvgIpc) is 3.42. The van der Waals surface area contributed by atoms with Gasteiger partial charge in [0.1, 0.15) is 17.5 Å². The van der Waals surface area contributed by atoms with Crippen LogP contribution in [0.1, 0.15) is 47.4 Å². The van der Waals surface area contributed by atoms with Crippen molar-refractivity contribution in [2.24, 2.45) is 0 Å². The molecule has 1 N–H and O–H groups in total. The molecule has 4 rings (SSSR count). The first-order valence-corrected chi connectivity index (χ1v) is 15.4. The van der Waals surface area contributed by atoms with Gasteiger partial charge in [-0.15, -0.1) is 0 Å². The summed E-state index contributed by atoms with van der Waals surface area (Å²) in [5.74, 6) is -0.493. The fourth-order valence-corrected chi connectivity index (χ4v) is 5.76. The van der Waals surface area contributed by atoms with Crippen molar-refractivity contribution in [3.63, 3.8) is 0 Å². The van der Waals surface area contributed by atoms with E-state index in [1.54, 1.807) is 11.0 Å². The van der Waals surface area contributed by atoms with E-state index in [4.69, 9.17) is 4.74 Å². The Morgan fingerprint density at radius 2 is 1.80 bits per heavy atom. The number of carbonyl (C=O) groups is 1. The Bertz CT molecular complexity index is 1600. The zero-order valence-electron chi connectivity index (χ0n) is 23.9. The maximum absolute atomic E-state index is 13.0. The van der Waals surface area contributed by atoms with Crippen molar-refractivity contribution in [3.05, 3.63) is 83.7 Å². The van der Waals surface area contributed by atoms with E-state index in [0.717, 1.165) is 12.1 Å². The lowest BCUT2D eigenvalue weighted by Gasteiger charge is -2.26. The van der Waals surface area contributed by atoms with Crippen molar-refractivity contribution in [2.75, 3.05) is 23.8 Å².